The zero-order chi connectivity index (χ0) is 14.8. The van der Waals surface area contributed by atoms with Crippen LogP contribution in [0.5, 0.6) is 0 Å². The lowest BCUT2D eigenvalue weighted by molar-refractivity contribution is 0.396. The van der Waals surface area contributed by atoms with Crippen LogP contribution in [-0.2, 0) is 6.54 Å². The summed E-state index contributed by atoms with van der Waals surface area (Å²) in [5.74, 6) is 0.799. The molecule has 1 aliphatic carbocycles. The minimum atomic E-state index is 0.755. The molecule has 2 aliphatic rings. The van der Waals surface area contributed by atoms with Crippen LogP contribution in [-0.4, -0.2) is 44.7 Å². The van der Waals surface area contributed by atoms with Crippen LogP contribution in [0.2, 0.25) is 0 Å². The Bertz CT molecular complexity index is 487. The predicted octanol–water partition coefficient (Wildman–Crippen LogP) is 3.09. The van der Waals surface area contributed by atoms with E-state index in [4.69, 9.17) is 0 Å². The van der Waals surface area contributed by atoms with Crippen molar-refractivity contribution >= 4 is 21.6 Å². The number of hydrogen-bond acceptors (Lipinski definition) is 3. The normalized spacial score (nSPS) is 22.7. The average molecular weight is 352 g/mol. The predicted molar refractivity (Wildman–Crippen MR) is 92.9 cm³/mol. The minimum absolute atomic E-state index is 0.755. The maximum Gasteiger partial charge on any atom is 0.0410 e. The highest BCUT2D eigenvalue weighted by atomic mass is 79.9. The van der Waals surface area contributed by atoms with Crippen LogP contribution >= 0.6 is 15.9 Å². The maximum atomic E-state index is 3.64. The van der Waals surface area contributed by atoms with Gasteiger partial charge in [-0.2, -0.15) is 0 Å². The quantitative estimate of drug-likeness (QED) is 0.849. The zero-order valence-corrected chi connectivity index (χ0v) is 14.7. The number of nitrogens with zero attached hydrogens (tertiary/aromatic N) is 2. The SMILES string of the molecule is CN1CCC(CN(C)c2ccc(Br)cc2CNC2CC2)C1. The van der Waals surface area contributed by atoms with Crippen molar-refractivity contribution in [2.24, 2.45) is 5.92 Å². The van der Waals surface area contributed by atoms with Gasteiger partial charge < -0.3 is 15.1 Å². The molecule has 1 unspecified atom stereocenters. The summed E-state index contributed by atoms with van der Waals surface area (Å²) in [6.07, 6.45) is 4.01. The minimum Gasteiger partial charge on any atom is -0.374 e. The number of likely N-dealkylation sites (tertiary alicyclic amines) is 1. The lowest BCUT2D eigenvalue weighted by Crippen LogP contribution is -2.28. The lowest BCUT2D eigenvalue weighted by atomic mass is 10.1. The summed E-state index contributed by atoms with van der Waals surface area (Å²) in [4.78, 5) is 4.88. The van der Waals surface area contributed by atoms with E-state index < -0.39 is 0 Å². The number of hydrogen-bond donors (Lipinski definition) is 1. The van der Waals surface area contributed by atoms with Gasteiger partial charge in [0.25, 0.3) is 0 Å². The first-order valence-corrected chi connectivity index (χ1v) is 8.82. The molecule has 4 heteroatoms. The van der Waals surface area contributed by atoms with Gasteiger partial charge in [0.05, 0.1) is 0 Å². The summed E-state index contributed by atoms with van der Waals surface area (Å²) in [6, 6.07) is 7.44. The van der Waals surface area contributed by atoms with Crippen LogP contribution < -0.4 is 10.2 Å². The Morgan fingerprint density at radius 1 is 1.33 bits per heavy atom. The van der Waals surface area contributed by atoms with Gasteiger partial charge in [-0.05, 0) is 62.5 Å². The maximum absolute atomic E-state index is 3.64. The fraction of sp³-hybridized carbons (Fsp3) is 0.647. The van der Waals surface area contributed by atoms with E-state index in [-0.39, 0.29) is 0 Å². The van der Waals surface area contributed by atoms with E-state index in [9.17, 15) is 0 Å². The van der Waals surface area contributed by atoms with Gasteiger partial charge >= 0.3 is 0 Å². The molecule has 3 nitrogen and oxygen atoms in total. The number of benzene rings is 1. The summed E-state index contributed by atoms with van der Waals surface area (Å²) < 4.78 is 1.17. The van der Waals surface area contributed by atoms with Gasteiger partial charge in [-0.15, -0.1) is 0 Å². The Kier molecular flexibility index (Phi) is 4.87. The van der Waals surface area contributed by atoms with Gasteiger partial charge in [0.1, 0.15) is 0 Å². The molecule has 1 saturated carbocycles. The van der Waals surface area contributed by atoms with E-state index in [1.807, 2.05) is 0 Å². The highest BCUT2D eigenvalue weighted by Crippen LogP contribution is 2.27. The third-order valence-electron chi connectivity index (χ3n) is 4.63. The smallest absolute Gasteiger partial charge is 0.0410 e. The molecule has 1 aliphatic heterocycles. The van der Waals surface area contributed by atoms with Gasteiger partial charge in [-0.1, -0.05) is 15.9 Å². The highest BCUT2D eigenvalue weighted by Gasteiger charge is 2.23. The Morgan fingerprint density at radius 3 is 2.81 bits per heavy atom. The van der Waals surface area contributed by atoms with E-state index in [1.165, 1.54) is 48.1 Å². The molecule has 3 rings (SSSR count). The van der Waals surface area contributed by atoms with E-state index in [2.05, 4.69) is 63.3 Å². The van der Waals surface area contributed by atoms with Crippen molar-refractivity contribution < 1.29 is 0 Å². The Balaban J connectivity index is 1.66. The van der Waals surface area contributed by atoms with Crippen molar-refractivity contribution in [3.63, 3.8) is 0 Å². The van der Waals surface area contributed by atoms with Crippen LogP contribution in [0, 0.1) is 5.92 Å². The second-order valence-electron chi connectivity index (χ2n) is 6.73. The van der Waals surface area contributed by atoms with E-state index >= 15 is 0 Å². The number of halogens is 1. The van der Waals surface area contributed by atoms with E-state index in [0.29, 0.717) is 0 Å². The summed E-state index contributed by atoms with van der Waals surface area (Å²) in [5.41, 5.74) is 2.78. The molecule has 0 bridgehead atoms. The first kappa shape index (κ1) is 15.3. The molecule has 1 atom stereocenters. The molecule has 0 amide bonds. The Labute approximate surface area is 136 Å². The molecule has 0 aromatic heterocycles. The lowest BCUT2D eigenvalue weighted by Gasteiger charge is -2.26. The van der Waals surface area contributed by atoms with E-state index in [1.54, 1.807) is 0 Å². The van der Waals surface area contributed by atoms with Gasteiger partial charge in [0.2, 0.25) is 0 Å². The van der Waals surface area contributed by atoms with Gasteiger partial charge in [-0.3, -0.25) is 0 Å². The molecule has 2 fully saturated rings. The van der Waals surface area contributed by atoms with Crippen LogP contribution in [0.4, 0.5) is 5.69 Å². The van der Waals surface area contributed by atoms with Gasteiger partial charge in [-0.25, -0.2) is 0 Å². The first-order chi connectivity index (χ1) is 10.1. The fourth-order valence-electron chi connectivity index (χ4n) is 3.27. The molecular formula is C17H26BrN3. The molecule has 1 heterocycles. The second-order valence-corrected chi connectivity index (χ2v) is 7.64. The summed E-state index contributed by atoms with van der Waals surface area (Å²) >= 11 is 3.61. The molecule has 1 saturated heterocycles. The average Bonchev–Trinajstić information content (AvgIpc) is 3.19. The molecule has 116 valence electrons. The number of nitrogens with one attached hydrogen (secondary N) is 1. The summed E-state index contributed by atoms with van der Waals surface area (Å²) in [6.45, 7) is 4.61. The van der Waals surface area contributed by atoms with Gasteiger partial charge in [0.15, 0.2) is 0 Å². The third kappa shape index (κ3) is 4.21. The monoisotopic (exact) mass is 351 g/mol. The topological polar surface area (TPSA) is 18.5 Å². The molecule has 1 N–H and O–H groups in total. The van der Waals surface area contributed by atoms with Crippen molar-refractivity contribution in [1.29, 1.82) is 0 Å². The van der Waals surface area contributed by atoms with Crippen molar-refractivity contribution in [1.82, 2.24) is 10.2 Å². The molecular weight excluding hydrogens is 326 g/mol. The first-order valence-electron chi connectivity index (χ1n) is 8.03. The van der Waals surface area contributed by atoms with Crippen LogP contribution in [0.25, 0.3) is 0 Å². The molecule has 0 radical (unpaired) electrons. The zero-order valence-electron chi connectivity index (χ0n) is 13.1. The molecule has 1 aromatic carbocycles. The van der Waals surface area contributed by atoms with Crippen LogP contribution in [0.1, 0.15) is 24.8 Å². The number of rotatable bonds is 6. The molecule has 0 spiro atoms. The second kappa shape index (κ2) is 6.67. The van der Waals surface area contributed by atoms with Crippen LogP contribution in [0.3, 0.4) is 0 Å². The Hall–Kier alpha value is -0.580. The molecule has 1 aromatic rings. The Morgan fingerprint density at radius 2 is 2.14 bits per heavy atom. The van der Waals surface area contributed by atoms with Crippen molar-refractivity contribution in [3.05, 3.63) is 28.2 Å². The standard InChI is InChI=1S/C17H26BrN3/c1-20-8-7-13(11-20)12-21(2)17-6-3-15(18)9-14(17)10-19-16-4-5-16/h3,6,9,13,16,19H,4-5,7-8,10-12H2,1-2H3. The summed E-state index contributed by atoms with van der Waals surface area (Å²) in [7, 11) is 4.47. The van der Waals surface area contributed by atoms with Crippen LogP contribution in [0.15, 0.2) is 22.7 Å². The van der Waals surface area contributed by atoms with Crippen molar-refractivity contribution in [3.8, 4) is 0 Å². The highest BCUT2D eigenvalue weighted by molar-refractivity contribution is 9.10. The summed E-state index contributed by atoms with van der Waals surface area (Å²) in [5, 5.41) is 3.64. The van der Waals surface area contributed by atoms with E-state index in [0.717, 1.165) is 25.0 Å². The third-order valence-corrected chi connectivity index (χ3v) is 5.13. The number of anilines is 1. The fourth-order valence-corrected chi connectivity index (χ4v) is 3.68. The van der Waals surface area contributed by atoms with Crippen molar-refractivity contribution in [2.45, 2.75) is 31.8 Å². The molecule has 21 heavy (non-hydrogen) atoms. The van der Waals surface area contributed by atoms with Crippen molar-refractivity contribution in [2.75, 3.05) is 38.6 Å². The van der Waals surface area contributed by atoms with Gasteiger partial charge in [0, 0.05) is 42.9 Å². The largest absolute Gasteiger partial charge is 0.374 e.